The summed E-state index contributed by atoms with van der Waals surface area (Å²) >= 11 is 0. The number of carboxylic acid groups (broad SMARTS) is 1. The number of ether oxygens (including phenoxy) is 1. The van der Waals surface area contributed by atoms with Crippen molar-refractivity contribution < 1.29 is 84.0 Å². The average molecular weight is 196 g/mol. The number of halogens is 3. The maximum atomic E-state index is 11.0. The van der Waals surface area contributed by atoms with Crippen LogP contribution in [0.5, 0.6) is 0 Å². The second kappa shape index (κ2) is 5.09. The van der Waals surface area contributed by atoms with Crippen molar-refractivity contribution in [3.05, 3.63) is 0 Å². The van der Waals surface area contributed by atoms with Crippen molar-refractivity contribution in [3.8, 4) is 0 Å². The van der Waals surface area contributed by atoms with Crippen LogP contribution in [0.2, 0.25) is 0 Å². The van der Waals surface area contributed by atoms with Gasteiger partial charge in [0.1, 0.15) is 0 Å². The van der Waals surface area contributed by atoms with Crippen molar-refractivity contribution in [1.29, 1.82) is 0 Å². The van der Waals surface area contributed by atoms with Gasteiger partial charge in [0.05, 0.1) is 0 Å². The van der Waals surface area contributed by atoms with E-state index in [4.69, 9.17) is 0 Å². The Morgan fingerprint density at radius 3 is 1.73 bits per heavy atom. The number of hydrogen-bond donors (Lipinski definition) is 0. The fraction of sp³-hybridized carbons (Fsp3) is 0.333. The summed E-state index contributed by atoms with van der Waals surface area (Å²) in [5, 5.41) is 9.20. The molecule has 0 amide bonds. The smallest absolute Gasteiger partial charge is 0.477 e. The van der Waals surface area contributed by atoms with Gasteiger partial charge in [-0.05, 0) is 0 Å². The fourth-order valence-electron chi connectivity index (χ4n) is 0.134. The molecule has 0 N–H and O–H groups in total. The van der Waals surface area contributed by atoms with Gasteiger partial charge in [-0.2, -0.15) is 13.2 Å². The quantitative estimate of drug-likeness (QED) is 0.228. The average Bonchev–Trinajstić information content (AvgIpc) is 1.60. The Hall–Kier alpha value is 0.366. The molecule has 0 unspecified atom stereocenters. The van der Waals surface area contributed by atoms with E-state index in [0.29, 0.717) is 0 Å². The number of carbonyl (C=O) groups excluding carboxylic acids is 2. The normalized spacial score (nSPS) is 9.73. The van der Waals surface area contributed by atoms with E-state index >= 15 is 0 Å². The molecule has 8 heteroatoms. The Morgan fingerprint density at radius 2 is 1.64 bits per heavy atom. The van der Waals surface area contributed by atoms with Gasteiger partial charge in [0.25, 0.3) is 6.16 Å². The second-order valence-corrected chi connectivity index (χ2v) is 1.14. The number of rotatable bonds is 0. The van der Waals surface area contributed by atoms with E-state index in [-0.39, 0.29) is 51.4 Å². The van der Waals surface area contributed by atoms with Crippen LogP contribution in [-0.2, 0) is 9.53 Å². The molecule has 0 aliphatic carbocycles. The zero-order valence-electron chi connectivity index (χ0n) is 5.27. The Morgan fingerprint density at radius 1 is 1.27 bits per heavy atom. The predicted molar refractivity (Wildman–Crippen MR) is 17.5 cm³/mol. The van der Waals surface area contributed by atoms with Crippen molar-refractivity contribution in [2.24, 2.45) is 0 Å². The Bertz CT molecular complexity index is 164. The third-order valence-corrected chi connectivity index (χ3v) is 0.407. The predicted octanol–water partition coefficient (Wildman–Crippen LogP) is -3.56. The molecular formula is C3F3KO4. The van der Waals surface area contributed by atoms with E-state index < -0.39 is 18.3 Å². The molecule has 0 fully saturated rings. The van der Waals surface area contributed by atoms with Crippen LogP contribution < -0.4 is 56.5 Å². The molecular weight excluding hydrogens is 196 g/mol. The minimum Gasteiger partial charge on any atom is -0.477 e. The molecule has 0 aliphatic rings. The zero-order valence-corrected chi connectivity index (χ0v) is 8.39. The number of alkyl halides is 3. The van der Waals surface area contributed by atoms with Gasteiger partial charge >= 0.3 is 63.5 Å². The van der Waals surface area contributed by atoms with E-state index in [9.17, 15) is 27.9 Å². The molecule has 0 bridgehead atoms. The molecule has 0 heterocycles. The fourth-order valence-corrected chi connectivity index (χ4v) is 0.134. The van der Waals surface area contributed by atoms with Crippen LogP contribution in [0, 0.1) is 0 Å². The summed E-state index contributed by atoms with van der Waals surface area (Å²) in [7, 11) is 0. The molecule has 0 aliphatic heterocycles. The number of esters is 1. The standard InChI is InChI=1S/C3HF3O4.K/c4-3(5,6)1(7)10-2(8)9;/h(H,8,9);/q;+1/p-1. The van der Waals surface area contributed by atoms with Crippen molar-refractivity contribution in [1.82, 2.24) is 0 Å². The van der Waals surface area contributed by atoms with E-state index in [1.54, 1.807) is 0 Å². The summed E-state index contributed by atoms with van der Waals surface area (Å²) < 4.78 is 35.8. The SMILES string of the molecule is O=C([O-])OC(=O)C(F)(F)F.[K+]. The van der Waals surface area contributed by atoms with Gasteiger partial charge in [-0.3, -0.25) is 4.79 Å². The summed E-state index contributed by atoms with van der Waals surface area (Å²) in [6, 6.07) is 0. The first-order valence-electron chi connectivity index (χ1n) is 1.84. The van der Waals surface area contributed by atoms with Crippen LogP contribution in [0.15, 0.2) is 0 Å². The van der Waals surface area contributed by atoms with Gasteiger partial charge in [-0.15, -0.1) is 0 Å². The molecule has 0 spiro atoms. The molecule has 4 nitrogen and oxygen atoms in total. The first-order chi connectivity index (χ1) is 4.34. The summed E-state index contributed by atoms with van der Waals surface area (Å²) in [4.78, 5) is 18.7. The Balaban J connectivity index is 0. The first-order valence-corrected chi connectivity index (χ1v) is 1.84. The maximum absolute atomic E-state index is 11.0. The monoisotopic (exact) mass is 196 g/mol. The third kappa shape index (κ3) is 6.75. The third-order valence-electron chi connectivity index (χ3n) is 0.407. The van der Waals surface area contributed by atoms with Crippen LogP contribution in [0.25, 0.3) is 0 Å². The Labute approximate surface area is 101 Å². The van der Waals surface area contributed by atoms with Gasteiger partial charge < -0.3 is 14.6 Å². The number of carbonyl (C=O) groups is 2. The molecule has 0 aromatic rings. The van der Waals surface area contributed by atoms with E-state index in [2.05, 4.69) is 4.74 Å². The van der Waals surface area contributed by atoms with Crippen LogP contribution in [0.1, 0.15) is 0 Å². The molecule has 0 radical (unpaired) electrons. The molecule has 58 valence electrons. The van der Waals surface area contributed by atoms with Gasteiger partial charge in [0, 0.05) is 0 Å². The first kappa shape index (κ1) is 13.9. The van der Waals surface area contributed by atoms with Crippen LogP contribution in [0.3, 0.4) is 0 Å². The van der Waals surface area contributed by atoms with Crippen LogP contribution in [-0.4, -0.2) is 18.3 Å². The van der Waals surface area contributed by atoms with Crippen molar-refractivity contribution in [2.45, 2.75) is 6.18 Å². The van der Waals surface area contributed by atoms with E-state index in [1.807, 2.05) is 0 Å². The van der Waals surface area contributed by atoms with Crippen molar-refractivity contribution >= 4 is 12.1 Å². The maximum Gasteiger partial charge on any atom is 1.00 e. The zero-order chi connectivity index (χ0) is 8.36. The van der Waals surface area contributed by atoms with Gasteiger partial charge in [-0.1, -0.05) is 0 Å². The summed E-state index contributed by atoms with van der Waals surface area (Å²) in [5.41, 5.74) is 0. The summed E-state index contributed by atoms with van der Waals surface area (Å²) in [6.45, 7) is 0. The van der Waals surface area contributed by atoms with Crippen molar-refractivity contribution in [2.75, 3.05) is 0 Å². The topological polar surface area (TPSA) is 66.4 Å². The second-order valence-electron chi connectivity index (χ2n) is 1.14. The number of hydrogen-bond acceptors (Lipinski definition) is 4. The van der Waals surface area contributed by atoms with Gasteiger partial charge in [-0.25, -0.2) is 0 Å². The minimum atomic E-state index is -5.29. The van der Waals surface area contributed by atoms with Gasteiger partial charge in [0.2, 0.25) is 0 Å². The van der Waals surface area contributed by atoms with E-state index in [0.717, 1.165) is 0 Å². The molecule has 0 rings (SSSR count). The van der Waals surface area contributed by atoms with Crippen LogP contribution >= 0.6 is 0 Å². The summed E-state index contributed by atoms with van der Waals surface area (Å²) in [6.07, 6.45) is -7.82. The van der Waals surface area contributed by atoms with Gasteiger partial charge in [0.15, 0.2) is 0 Å². The Kier molecular flexibility index (Phi) is 6.44. The molecule has 0 aromatic heterocycles. The van der Waals surface area contributed by atoms with E-state index in [1.165, 1.54) is 0 Å². The minimum absolute atomic E-state index is 0. The van der Waals surface area contributed by atoms with Crippen molar-refractivity contribution in [3.63, 3.8) is 0 Å². The molecule has 0 saturated carbocycles. The largest absolute Gasteiger partial charge is 1.00 e. The summed E-state index contributed by atoms with van der Waals surface area (Å²) in [5.74, 6) is -2.80. The molecule has 0 saturated heterocycles. The van der Waals surface area contributed by atoms with Crippen LogP contribution in [0.4, 0.5) is 18.0 Å². The molecule has 0 aromatic carbocycles. The molecule has 11 heavy (non-hydrogen) atoms. The molecule has 0 atom stereocenters.